The molecule has 0 aliphatic carbocycles. The highest BCUT2D eigenvalue weighted by atomic mass is 32.1. The number of hydrogen-bond donors (Lipinski definition) is 2. The van der Waals surface area contributed by atoms with E-state index in [1.54, 1.807) is 4.90 Å². The predicted molar refractivity (Wildman–Crippen MR) is 121 cm³/mol. The van der Waals surface area contributed by atoms with Crippen molar-refractivity contribution in [3.05, 3.63) is 101 Å². The molecule has 0 saturated carbocycles. The van der Waals surface area contributed by atoms with E-state index in [1.165, 1.54) is 16.9 Å². The highest BCUT2D eigenvalue weighted by Crippen LogP contribution is 2.35. The van der Waals surface area contributed by atoms with Crippen LogP contribution in [0.25, 0.3) is 10.2 Å². The molecule has 6 heteroatoms. The van der Waals surface area contributed by atoms with E-state index in [1.807, 2.05) is 60.7 Å². The number of para-hydroxylation sites is 1. The zero-order chi connectivity index (χ0) is 21.4. The number of thiazole rings is 1. The number of carbonyl (C=O) groups excluding carboxylic acids is 1. The van der Waals surface area contributed by atoms with Gasteiger partial charge in [-0.05, 0) is 28.8 Å². The molecule has 5 rings (SSSR count). The predicted octanol–water partition coefficient (Wildman–Crippen LogP) is 3.86. The second kappa shape index (κ2) is 8.23. The minimum absolute atomic E-state index is 0.0156. The molecule has 1 amide bonds. The third-order valence-electron chi connectivity index (χ3n) is 5.82. The SMILES string of the molecule is O=C(C(O)C(O)c1nc2ccccc2s1)N1Cc2ccccc2C(c2ccccc2)C1. The Morgan fingerprint density at radius 3 is 2.48 bits per heavy atom. The van der Waals surface area contributed by atoms with Crippen molar-refractivity contribution in [2.45, 2.75) is 24.7 Å². The highest BCUT2D eigenvalue weighted by Gasteiger charge is 2.36. The molecule has 1 aliphatic rings. The number of aliphatic hydroxyl groups is 2. The van der Waals surface area contributed by atoms with E-state index >= 15 is 0 Å². The first kappa shape index (κ1) is 19.9. The van der Waals surface area contributed by atoms with E-state index in [0.29, 0.717) is 18.1 Å². The fourth-order valence-corrected chi connectivity index (χ4v) is 5.20. The molecule has 5 nitrogen and oxygen atoms in total. The van der Waals surface area contributed by atoms with Crippen molar-refractivity contribution in [1.82, 2.24) is 9.88 Å². The summed E-state index contributed by atoms with van der Waals surface area (Å²) in [5, 5.41) is 21.8. The fraction of sp³-hybridized carbons (Fsp3) is 0.200. The second-order valence-electron chi connectivity index (χ2n) is 7.79. The van der Waals surface area contributed by atoms with Gasteiger partial charge in [0, 0.05) is 19.0 Å². The summed E-state index contributed by atoms with van der Waals surface area (Å²) < 4.78 is 0.909. The molecule has 1 aliphatic heterocycles. The average Bonchev–Trinajstić information content (AvgIpc) is 3.27. The van der Waals surface area contributed by atoms with Gasteiger partial charge in [0.15, 0.2) is 6.10 Å². The van der Waals surface area contributed by atoms with Gasteiger partial charge in [0.05, 0.1) is 10.2 Å². The molecular weight excluding hydrogens is 408 g/mol. The molecule has 3 aromatic carbocycles. The maximum absolute atomic E-state index is 13.2. The van der Waals surface area contributed by atoms with Gasteiger partial charge >= 0.3 is 0 Å². The number of carbonyl (C=O) groups is 1. The summed E-state index contributed by atoms with van der Waals surface area (Å²) in [5.41, 5.74) is 4.11. The minimum Gasteiger partial charge on any atom is -0.383 e. The van der Waals surface area contributed by atoms with E-state index in [0.717, 1.165) is 21.3 Å². The number of hydrogen-bond acceptors (Lipinski definition) is 5. The van der Waals surface area contributed by atoms with Crippen LogP contribution in [0, 0.1) is 0 Å². The van der Waals surface area contributed by atoms with Crippen molar-refractivity contribution in [3.63, 3.8) is 0 Å². The van der Waals surface area contributed by atoms with Gasteiger partial charge in [0.25, 0.3) is 5.91 Å². The zero-order valence-corrected chi connectivity index (χ0v) is 17.6. The Bertz CT molecular complexity index is 1190. The van der Waals surface area contributed by atoms with Gasteiger partial charge in [-0.2, -0.15) is 0 Å². The minimum atomic E-state index is -1.57. The molecule has 0 radical (unpaired) electrons. The van der Waals surface area contributed by atoms with Crippen molar-refractivity contribution in [2.24, 2.45) is 0 Å². The number of amides is 1. The van der Waals surface area contributed by atoms with E-state index in [4.69, 9.17) is 0 Å². The third-order valence-corrected chi connectivity index (χ3v) is 6.93. The molecule has 3 atom stereocenters. The smallest absolute Gasteiger partial charge is 0.254 e. The Morgan fingerprint density at radius 2 is 1.68 bits per heavy atom. The molecule has 0 saturated heterocycles. The lowest BCUT2D eigenvalue weighted by molar-refractivity contribution is -0.147. The third kappa shape index (κ3) is 3.74. The van der Waals surface area contributed by atoms with Crippen LogP contribution in [0.5, 0.6) is 0 Å². The van der Waals surface area contributed by atoms with Crippen LogP contribution in [0.2, 0.25) is 0 Å². The van der Waals surface area contributed by atoms with Crippen LogP contribution in [-0.2, 0) is 11.3 Å². The molecule has 156 valence electrons. The number of fused-ring (bicyclic) bond motifs is 2. The molecule has 2 heterocycles. The molecule has 0 spiro atoms. The van der Waals surface area contributed by atoms with Gasteiger partial charge < -0.3 is 15.1 Å². The van der Waals surface area contributed by atoms with Crippen molar-refractivity contribution in [3.8, 4) is 0 Å². The lowest BCUT2D eigenvalue weighted by atomic mass is 9.84. The van der Waals surface area contributed by atoms with Crippen molar-refractivity contribution in [2.75, 3.05) is 6.54 Å². The van der Waals surface area contributed by atoms with Crippen LogP contribution >= 0.6 is 11.3 Å². The number of nitrogens with zero attached hydrogens (tertiary/aromatic N) is 2. The number of aliphatic hydroxyl groups excluding tert-OH is 2. The normalized spacial score (nSPS) is 17.9. The maximum Gasteiger partial charge on any atom is 0.254 e. The summed E-state index contributed by atoms with van der Waals surface area (Å²) in [6, 6.07) is 25.7. The van der Waals surface area contributed by atoms with E-state index in [-0.39, 0.29) is 5.92 Å². The molecule has 4 aromatic rings. The van der Waals surface area contributed by atoms with Crippen molar-refractivity contribution >= 4 is 27.5 Å². The van der Waals surface area contributed by atoms with Gasteiger partial charge in [-0.3, -0.25) is 4.79 Å². The van der Waals surface area contributed by atoms with Crippen molar-refractivity contribution in [1.29, 1.82) is 0 Å². The summed E-state index contributed by atoms with van der Waals surface area (Å²) in [7, 11) is 0. The molecule has 0 fully saturated rings. The van der Waals surface area contributed by atoms with Crippen molar-refractivity contribution < 1.29 is 15.0 Å². The summed E-state index contributed by atoms with van der Waals surface area (Å²) >= 11 is 1.29. The number of rotatable bonds is 4. The van der Waals surface area contributed by atoms with Crippen LogP contribution in [0.15, 0.2) is 78.9 Å². The fourth-order valence-electron chi connectivity index (χ4n) is 4.22. The zero-order valence-electron chi connectivity index (χ0n) is 16.8. The van der Waals surface area contributed by atoms with Crippen LogP contribution in [-0.4, -0.2) is 38.7 Å². The first-order valence-corrected chi connectivity index (χ1v) is 11.1. The second-order valence-corrected chi connectivity index (χ2v) is 8.85. The Hall–Kier alpha value is -3.06. The maximum atomic E-state index is 13.2. The average molecular weight is 431 g/mol. The van der Waals surface area contributed by atoms with Crippen LogP contribution in [0.3, 0.4) is 0 Å². The molecular formula is C25H22N2O3S. The molecule has 1 aromatic heterocycles. The Balaban J connectivity index is 1.42. The summed E-state index contributed by atoms with van der Waals surface area (Å²) in [5.74, 6) is -0.468. The summed E-state index contributed by atoms with van der Waals surface area (Å²) in [6.07, 6.45) is -2.93. The Labute approximate surface area is 184 Å². The van der Waals surface area contributed by atoms with Gasteiger partial charge in [-0.15, -0.1) is 11.3 Å². The van der Waals surface area contributed by atoms with Gasteiger partial charge in [-0.1, -0.05) is 66.7 Å². The van der Waals surface area contributed by atoms with Gasteiger partial charge in [-0.25, -0.2) is 4.98 Å². The molecule has 0 bridgehead atoms. The Kier molecular flexibility index (Phi) is 5.28. The standard InChI is InChI=1S/C25H22N2O3S/c28-22(24-26-20-12-6-7-13-21(20)31-24)23(29)25(30)27-14-17-10-4-5-11-18(17)19(15-27)16-8-2-1-3-9-16/h1-13,19,22-23,28-29H,14-15H2. The summed E-state index contributed by atoms with van der Waals surface area (Å²) in [4.78, 5) is 19.2. The van der Waals surface area contributed by atoms with Crippen LogP contribution in [0.4, 0.5) is 0 Å². The van der Waals surface area contributed by atoms with Gasteiger partial charge in [0.1, 0.15) is 11.1 Å². The lowest BCUT2D eigenvalue weighted by Crippen LogP contribution is -2.45. The molecule has 2 N–H and O–H groups in total. The number of aromatic nitrogens is 1. The quantitative estimate of drug-likeness (QED) is 0.516. The molecule has 31 heavy (non-hydrogen) atoms. The van der Waals surface area contributed by atoms with Gasteiger partial charge in [0.2, 0.25) is 0 Å². The largest absolute Gasteiger partial charge is 0.383 e. The first-order chi connectivity index (χ1) is 15.1. The Morgan fingerprint density at radius 1 is 0.968 bits per heavy atom. The highest BCUT2D eigenvalue weighted by molar-refractivity contribution is 7.18. The summed E-state index contributed by atoms with van der Waals surface area (Å²) in [6.45, 7) is 0.853. The topological polar surface area (TPSA) is 73.7 Å². The van der Waals surface area contributed by atoms with Crippen LogP contribution < -0.4 is 0 Å². The first-order valence-electron chi connectivity index (χ1n) is 10.2. The van der Waals surface area contributed by atoms with E-state index in [9.17, 15) is 15.0 Å². The van der Waals surface area contributed by atoms with E-state index < -0.39 is 18.1 Å². The molecule has 3 unspecified atom stereocenters. The van der Waals surface area contributed by atoms with E-state index in [2.05, 4.69) is 23.2 Å². The van der Waals surface area contributed by atoms with Crippen LogP contribution in [0.1, 0.15) is 33.7 Å². The lowest BCUT2D eigenvalue weighted by Gasteiger charge is -2.36. The monoisotopic (exact) mass is 430 g/mol. The number of benzene rings is 3.